The summed E-state index contributed by atoms with van der Waals surface area (Å²) in [6.45, 7) is 0. The fourth-order valence-corrected chi connectivity index (χ4v) is 2.22. The van der Waals surface area contributed by atoms with Crippen LogP contribution in [0.5, 0.6) is 0 Å². The molecule has 2 rings (SSSR count). The number of thiocarbonyl (C=S) groups is 1. The van der Waals surface area contributed by atoms with Crippen molar-refractivity contribution in [3.05, 3.63) is 32.7 Å². The standard InChI is InChI=1S/C9H5N3O4S2/c13-7-5(8(14)11-9(17)10-7)3-4-1-2-6(18-4)12(15)16/h1-3H,(H2,10,11,13,14,17). The molecule has 0 unspecified atom stereocenters. The number of nitro groups is 1. The molecule has 2 N–H and O–H groups in total. The van der Waals surface area contributed by atoms with E-state index in [4.69, 9.17) is 0 Å². The molecule has 2 amide bonds. The number of amides is 2. The second kappa shape index (κ2) is 4.63. The van der Waals surface area contributed by atoms with Crippen molar-refractivity contribution in [3.8, 4) is 0 Å². The fraction of sp³-hybridized carbons (Fsp3) is 0. The zero-order valence-corrected chi connectivity index (χ0v) is 10.3. The first-order chi connectivity index (χ1) is 8.47. The maximum atomic E-state index is 11.5. The van der Waals surface area contributed by atoms with Crippen LogP contribution in [0.3, 0.4) is 0 Å². The summed E-state index contributed by atoms with van der Waals surface area (Å²) in [5.41, 5.74) is -0.139. The molecule has 18 heavy (non-hydrogen) atoms. The van der Waals surface area contributed by atoms with E-state index in [0.29, 0.717) is 4.88 Å². The van der Waals surface area contributed by atoms with Crippen molar-refractivity contribution in [1.82, 2.24) is 10.6 Å². The second-order valence-corrected chi connectivity index (χ2v) is 4.73. The van der Waals surface area contributed by atoms with Crippen molar-refractivity contribution in [2.45, 2.75) is 0 Å². The van der Waals surface area contributed by atoms with Crippen molar-refractivity contribution in [2.24, 2.45) is 0 Å². The van der Waals surface area contributed by atoms with Crippen LogP contribution in [0, 0.1) is 10.1 Å². The minimum Gasteiger partial charge on any atom is -0.299 e. The molecule has 9 heteroatoms. The van der Waals surface area contributed by atoms with Gasteiger partial charge in [-0.1, -0.05) is 11.3 Å². The first-order valence-corrected chi connectivity index (χ1v) is 5.82. The van der Waals surface area contributed by atoms with Gasteiger partial charge in [-0.05, 0) is 24.4 Å². The minimum atomic E-state index is -0.625. The third kappa shape index (κ3) is 2.41. The van der Waals surface area contributed by atoms with Gasteiger partial charge >= 0.3 is 5.00 Å². The molecule has 1 aliphatic heterocycles. The topological polar surface area (TPSA) is 101 Å². The number of hydrogen-bond donors (Lipinski definition) is 2. The van der Waals surface area contributed by atoms with Crippen molar-refractivity contribution in [2.75, 3.05) is 0 Å². The van der Waals surface area contributed by atoms with Crippen molar-refractivity contribution < 1.29 is 14.5 Å². The van der Waals surface area contributed by atoms with E-state index in [9.17, 15) is 19.7 Å². The molecule has 7 nitrogen and oxygen atoms in total. The average Bonchev–Trinajstić information content (AvgIpc) is 2.71. The third-order valence-electron chi connectivity index (χ3n) is 2.02. The Bertz CT molecular complexity index is 583. The predicted molar refractivity (Wildman–Crippen MR) is 67.8 cm³/mol. The van der Waals surface area contributed by atoms with Gasteiger partial charge in [-0.15, -0.1) is 0 Å². The highest BCUT2D eigenvalue weighted by Gasteiger charge is 2.26. The number of nitrogens with one attached hydrogen (secondary N) is 2. The number of nitrogens with zero attached hydrogens (tertiary/aromatic N) is 1. The summed E-state index contributed by atoms with van der Waals surface area (Å²) in [7, 11) is 0. The number of rotatable bonds is 2. The lowest BCUT2D eigenvalue weighted by Crippen LogP contribution is -2.51. The van der Waals surface area contributed by atoms with E-state index in [1.54, 1.807) is 0 Å². The Labute approximate surface area is 110 Å². The van der Waals surface area contributed by atoms with Crippen molar-refractivity contribution in [3.63, 3.8) is 0 Å². The monoisotopic (exact) mass is 283 g/mol. The lowest BCUT2D eigenvalue weighted by atomic mass is 10.2. The van der Waals surface area contributed by atoms with Gasteiger partial charge in [0.05, 0.1) is 4.92 Å². The Morgan fingerprint density at radius 1 is 1.28 bits per heavy atom. The first-order valence-electron chi connectivity index (χ1n) is 4.60. The smallest absolute Gasteiger partial charge is 0.299 e. The Morgan fingerprint density at radius 2 is 1.89 bits per heavy atom. The van der Waals surface area contributed by atoms with Gasteiger partial charge in [-0.3, -0.25) is 30.3 Å². The largest absolute Gasteiger partial charge is 0.324 e. The average molecular weight is 283 g/mol. The summed E-state index contributed by atoms with van der Waals surface area (Å²) in [5.74, 6) is -1.25. The summed E-state index contributed by atoms with van der Waals surface area (Å²) < 4.78 is 0. The van der Waals surface area contributed by atoms with Gasteiger partial charge in [0.2, 0.25) is 0 Å². The molecular weight excluding hydrogens is 278 g/mol. The van der Waals surface area contributed by atoms with Gasteiger partial charge in [0.15, 0.2) is 5.11 Å². The number of thiophene rings is 1. The minimum absolute atomic E-state index is 0.0562. The molecule has 0 aromatic carbocycles. The first kappa shape index (κ1) is 12.3. The van der Waals surface area contributed by atoms with Gasteiger partial charge in [0.1, 0.15) is 5.57 Å². The van der Waals surface area contributed by atoms with Crippen LogP contribution in [0.1, 0.15) is 4.88 Å². The molecule has 1 fully saturated rings. The van der Waals surface area contributed by atoms with Gasteiger partial charge < -0.3 is 0 Å². The van der Waals surface area contributed by atoms with E-state index in [-0.39, 0.29) is 15.7 Å². The van der Waals surface area contributed by atoms with E-state index in [1.807, 2.05) is 0 Å². The van der Waals surface area contributed by atoms with Crippen LogP contribution in [0.15, 0.2) is 17.7 Å². The van der Waals surface area contributed by atoms with E-state index < -0.39 is 16.7 Å². The summed E-state index contributed by atoms with van der Waals surface area (Å²) >= 11 is 5.51. The Balaban J connectivity index is 2.31. The van der Waals surface area contributed by atoms with E-state index in [1.165, 1.54) is 18.2 Å². The van der Waals surface area contributed by atoms with Crippen LogP contribution in [-0.4, -0.2) is 21.9 Å². The molecule has 0 saturated carbocycles. The molecule has 0 bridgehead atoms. The van der Waals surface area contributed by atoms with Gasteiger partial charge in [0, 0.05) is 10.9 Å². The fourth-order valence-electron chi connectivity index (χ4n) is 1.27. The second-order valence-electron chi connectivity index (χ2n) is 3.23. The van der Waals surface area contributed by atoms with Crippen molar-refractivity contribution in [1.29, 1.82) is 0 Å². The lowest BCUT2D eigenvalue weighted by Gasteiger charge is -2.15. The highest BCUT2D eigenvalue weighted by molar-refractivity contribution is 7.80. The molecule has 1 saturated heterocycles. The predicted octanol–water partition coefficient (Wildman–Crippen LogP) is 0.571. The highest BCUT2D eigenvalue weighted by Crippen LogP contribution is 2.26. The van der Waals surface area contributed by atoms with Crippen LogP contribution in [0.25, 0.3) is 6.08 Å². The van der Waals surface area contributed by atoms with E-state index in [0.717, 1.165) is 11.3 Å². The molecule has 0 atom stereocenters. The van der Waals surface area contributed by atoms with Crippen LogP contribution in [0.2, 0.25) is 0 Å². The Kier molecular flexibility index (Phi) is 3.17. The lowest BCUT2D eigenvalue weighted by molar-refractivity contribution is -0.380. The van der Waals surface area contributed by atoms with Gasteiger partial charge in [-0.2, -0.15) is 0 Å². The maximum Gasteiger partial charge on any atom is 0.324 e. The Hall–Kier alpha value is -2.13. The summed E-state index contributed by atoms with van der Waals surface area (Å²) in [6.07, 6.45) is 1.28. The molecule has 0 aliphatic carbocycles. The summed E-state index contributed by atoms with van der Waals surface area (Å²) in [6, 6.07) is 2.77. The molecule has 2 heterocycles. The quantitative estimate of drug-likeness (QED) is 0.272. The van der Waals surface area contributed by atoms with Crippen molar-refractivity contribution >= 4 is 51.6 Å². The molecule has 92 valence electrons. The number of carbonyl (C=O) groups excluding carboxylic acids is 2. The normalized spacial score (nSPS) is 15.1. The molecule has 1 aliphatic rings. The molecule has 1 aromatic heterocycles. The molecular formula is C9H5N3O4S2. The summed E-state index contributed by atoms with van der Waals surface area (Å²) in [4.78, 5) is 33.4. The van der Waals surface area contributed by atoms with E-state index in [2.05, 4.69) is 22.9 Å². The SMILES string of the molecule is O=C1NC(=S)NC(=O)C1=Cc1ccc([N+](=O)[O-])s1. The highest BCUT2D eigenvalue weighted by atomic mass is 32.1. The zero-order valence-electron chi connectivity index (χ0n) is 8.63. The van der Waals surface area contributed by atoms with Gasteiger partial charge in [0.25, 0.3) is 11.8 Å². The number of carbonyl (C=O) groups is 2. The van der Waals surface area contributed by atoms with Crippen LogP contribution >= 0.6 is 23.6 Å². The maximum absolute atomic E-state index is 11.5. The zero-order chi connectivity index (χ0) is 13.3. The molecule has 1 aromatic rings. The van der Waals surface area contributed by atoms with Crippen LogP contribution in [-0.2, 0) is 9.59 Å². The molecule has 0 spiro atoms. The van der Waals surface area contributed by atoms with Crippen LogP contribution < -0.4 is 10.6 Å². The summed E-state index contributed by atoms with van der Waals surface area (Å²) in [5, 5.41) is 14.9. The van der Waals surface area contributed by atoms with Crippen LogP contribution in [0.4, 0.5) is 5.00 Å². The third-order valence-corrected chi connectivity index (χ3v) is 3.21. The van der Waals surface area contributed by atoms with Gasteiger partial charge in [-0.25, -0.2) is 0 Å². The molecule has 0 radical (unpaired) electrons. The van der Waals surface area contributed by atoms with E-state index >= 15 is 0 Å². The number of hydrogen-bond acceptors (Lipinski definition) is 6. The Morgan fingerprint density at radius 3 is 2.39 bits per heavy atom.